The summed E-state index contributed by atoms with van der Waals surface area (Å²) < 4.78 is 19.6. The molecule has 0 saturated carbocycles. The normalized spacial score (nSPS) is 28.5. The smallest absolute Gasteiger partial charge is 0.113 e. The molecule has 2 aliphatic rings. The van der Waals surface area contributed by atoms with E-state index in [1.54, 1.807) is 0 Å². The minimum atomic E-state index is -0.786. The molecule has 0 amide bonds. The van der Waals surface area contributed by atoms with Gasteiger partial charge in [-0.25, -0.2) is 0 Å². The fourth-order valence-corrected chi connectivity index (χ4v) is 5.23. The van der Waals surface area contributed by atoms with E-state index in [4.69, 9.17) is 14.2 Å². The summed E-state index contributed by atoms with van der Waals surface area (Å²) in [5.41, 5.74) is 3.26. The van der Waals surface area contributed by atoms with E-state index in [-0.39, 0.29) is 24.4 Å². The standard InChI is InChI=1S/C30H35NO5/c32-26-16-25-29(35-20-23-12-6-2-7-13-23)30(36-21-24-14-8-3-9-15-24)28(18-31(25)17-27(26)33)34-19-22-10-4-1-5-11-22/h1-15,25-30,32-33H,16-21H2/t25-,26+,27-,28+,29-,30-/m0/s1. The highest BCUT2D eigenvalue weighted by Crippen LogP contribution is 2.33. The Morgan fingerprint density at radius 2 is 1.06 bits per heavy atom. The molecule has 3 aromatic carbocycles. The van der Waals surface area contributed by atoms with Crippen molar-refractivity contribution in [3.63, 3.8) is 0 Å². The van der Waals surface area contributed by atoms with Gasteiger partial charge >= 0.3 is 0 Å². The van der Waals surface area contributed by atoms with Crippen LogP contribution in [0.25, 0.3) is 0 Å². The summed E-state index contributed by atoms with van der Waals surface area (Å²) in [6.07, 6.45) is -2.06. The molecule has 2 aliphatic heterocycles. The molecule has 0 aliphatic carbocycles. The number of hydrogen-bond acceptors (Lipinski definition) is 6. The van der Waals surface area contributed by atoms with E-state index in [1.807, 2.05) is 66.7 Å². The van der Waals surface area contributed by atoms with Crippen molar-refractivity contribution in [2.45, 2.75) is 62.8 Å². The fourth-order valence-electron chi connectivity index (χ4n) is 5.23. The molecule has 36 heavy (non-hydrogen) atoms. The van der Waals surface area contributed by atoms with Gasteiger partial charge in [0, 0.05) is 19.1 Å². The highest BCUT2D eigenvalue weighted by atomic mass is 16.6. The summed E-state index contributed by atoms with van der Waals surface area (Å²) in [5.74, 6) is 0. The van der Waals surface area contributed by atoms with E-state index in [0.717, 1.165) is 16.7 Å². The van der Waals surface area contributed by atoms with Gasteiger partial charge in [0.1, 0.15) is 12.2 Å². The van der Waals surface area contributed by atoms with Crippen LogP contribution in [-0.4, -0.2) is 64.8 Å². The Morgan fingerprint density at radius 1 is 0.583 bits per heavy atom. The first kappa shape index (κ1) is 25.1. The molecule has 190 valence electrons. The topological polar surface area (TPSA) is 71.4 Å². The third-order valence-corrected chi connectivity index (χ3v) is 7.18. The van der Waals surface area contributed by atoms with Crippen LogP contribution in [0.1, 0.15) is 23.1 Å². The van der Waals surface area contributed by atoms with Crippen LogP contribution < -0.4 is 0 Å². The minimum absolute atomic E-state index is 0.0792. The second-order valence-corrected chi connectivity index (χ2v) is 9.75. The predicted molar refractivity (Wildman–Crippen MR) is 137 cm³/mol. The molecule has 2 saturated heterocycles. The minimum Gasteiger partial charge on any atom is -0.390 e. The lowest BCUT2D eigenvalue weighted by atomic mass is 9.85. The summed E-state index contributed by atoms with van der Waals surface area (Å²) >= 11 is 0. The van der Waals surface area contributed by atoms with Crippen molar-refractivity contribution >= 4 is 0 Å². The highest BCUT2D eigenvalue weighted by molar-refractivity contribution is 5.16. The van der Waals surface area contributed by atoms with Crippen molar-refractivity contribution in [2.75, 3.05) is 13.1 Å². The number of nitrogens with zero attached hydrogens (tertiary/aromatic N) is 1. The summed E-state index contributed by atoms with van der Waals surface area (Å²) in [5, 5.41) is 20.9. The lowest BCUT2D eigenvalue weighted by Gasteiger charge is -2.52. The molecule has 0 bridgehead atoms. The molecule has 0 spiro atoms. The second kappa shape index (κ2) is 12.1. The van der Waals surface area contributed by atoms with Crippen molar-refractivity contribution in [2.24, 2.45) is 0 Å². The van der Waals surface area contributed by atoms with Gasteiger partial charge in [-0.1, -0.05) is 91.0 Å². The number of piperidine rings is 2. The largest absolute Gasteiger partial charge is 0.390 e. The van der Waals surface area contributed by atoms with Crippen molar-refractivity contribution in [1.82, 2.24) is 4.90 Å². The number of fused-ring (bicyclic) bond motifs is 1. The lowest BCUT2D eigenvalue weighted by molar-refractivity contribution is -0.221. The Morgan fingerprint density at radius 3 is 1.58 bits per heavy atom. The van der Waals surface area contributed by atoms with Gasteiger partial charge in [0.25, 0.3) is 0 Å². The molecule has 5 rings (SSSR count). The SMILES string of the molecule is O[C@@H]1C[C@H]2[C@H](OCc3ccccc3)[C@@H](OCc3ccccc3)[C@H](OCc3ccccc3)CN2C[C@@H]1O. The van der Waals surface area contributed by atoms with Crippen LogP contribution in [0, 0.1) is 0 Å². The molecule has 0 unspecified atom stereocenters. The second-order valence-electron chi connectivity index (χ2n) is 9.75. The third kappa shape index (κ3) is 6.21. The fraction of sp³-hybridized carbons (Fsp3) is 0.400. The average Bonchev–Trinajstić information content (AvgIpc) is 2.92. The maximum atomic E-state index is 10.5. The van der Waals surface area contributed by atoms with E-state index in [1.165, 1.54) is 0 Å². The molecule has 2 N–H and O–H groups in total. The van der Waals surface area contributed by atoms with Gasteiger partial charge in [0.05, 0.1) is 38.1 Å². The van der Waals surface area contributed by atoms with Crippen molar-refractivity contribution in [3.05, 3.63) is 108 Å². The summed E-state index contributed by atoms with van der Waals surface area (Å²) in [6, 6.07) is 30.2. The summed E-state index contributed by atoms with van der Waals surface area (Å²) in [7, 11) is 0. The van der Waals surface area contributed by atoms with Gasteiger partial charge in [-0.05, 0) is 23.1 Å². The van der Waals surface area contributed by atoms with Crippen LogP contribution in [0.5, 0.6) is 0 Å². The van der Waals surface area contributed by atoms with Crippen molar-refractivity contribution in [1.29, 1.82) is 0 Å². The van der Waals surface area contributed by atoms with E-state index in [2.05, 4.69) is 29.2 Å². The number of hydrogen-bond donors (Lipinski definition) is 2. The third-order valence-electron chi connectivity index (χ3n) is 7.18. The van der Waals surface area contributed by atoms with Gasteiger partial charge in [-0.3, -0.25) is 4.90 Å². The van der Waals surface area contributed by atoms with Crippen LogP contribution in [0.4, 0.5) is 0 Å². The first-order valence-corrected chi connectivity index (χ1v) is 12.7. The molecule has 2 fully saturated rings. The Hall–Kier alpha value is -2.58. The van der Waals surface area contributed by atoms with Crippen LogP contribution >= 0.6 is 0 Å². The molecule has 3 aromatic rings. The monoisotopic (exact) mass is 489 g/mol. The quantitative estimate of drug-likeness (QED) is 0.479. The molecule has 6 atom stereocenters. The summed E-state index contributed by atoms with van der Waals surface area (Å²) in [4.78, 5) is 2.20. The first-order chi connectivity index (χ1) is 17.7. The number of ether oxygens (including phenoxy) is 3. The molecule has 0 aromatic heterocycles. The van der Waals surface area contributed by atoms with E-state index in [0.29, 0.717) is 39.3 Å². The molecule has 6 heteroatoms. The maximum absolute atomic E-state index is 10.5. The molecule has 0 radical (unpaired) electrons. The average molecular weight is 490 g/mol. The predicted octanol–water partition coefficient (Wildman–Crippen LogP) is 3.55. The number of rotatable bonds is 9. The zero-order valence-corrected chi connectivity index (χ0v) is 20.4. The van der Waals surface area contributed by atoms with Crippen molar-refractivity contribution < 1.29 is 24.4 Å². The number of aliphatic hydroxyl groups is 2. The van der Waals surface area contributed by atoms with E-state index in [9.17, 15) is 10.2 Å². The Labute approximate surface area is 213 Å². The number of benzene rings is 3. The molecular formula is C30H35NO5. The first-order valence-electron chi connectivity index (χ1n) is 12.7. The van der Waals surface area contributed by atoms with Gasteiger partial charge < -0.3 is 24.4 Å². The lowest BCUT2D eigenvalue weighted by Crippen LogP contribution is -2.68. The molecule has 2 heterocycles. The Kier molecular flexibility index (Phi) is 8.43. The summed E-state index contributed by atoms with van der Waals surface area (Å²) in [6.45, 7) is 2.33. The van der Waals surface area contributed by atoms with E-state index < -0.39 is 12.2 Å². The van der Waals surface area contributed by atoms with Gasteiger partial charge in [-0.2, -0.15) is 0 Å². The van der Waals surface area contributed by atoms with Gasteiger partial charge in [0.2, 0.25) is 0 Å². The van der Waals surface area contributed by atoms with Gasteiger partial charge in [-0.15, -0.1) is 0 Å². The molecular weight excluding hydrogens is 454 g/mol. The Bertz CT molecular complexity index is 1050. The Balaban J connectivity index is 1.39. The van der Waals surface area contributed by atoms with Crippen molar-refractivity contribution in [3.8, 4) is 0 Å². The van der Waals surface area contributed by atoms with E-state index >= 15 is 0 Å². The number of aliphatic hydroxyl groups excluding tert-OH is 2. The van der Waals surface area contributed by atoms with Crippen LogP contribution in [0.3, 0.4) is 0 Å². The maximum Gasteiger partial charge on any atom is 0.113 e. The van der Waals surface area contributed by atoms with Crippen LogP contribution in [0.2, 0.25) is 0 Å². The molecule has 6 nitrogen and oxygen atoms in total. The zero-order chi connectivity index (χ0) is 24.7. The highest BCUT2D eigenvalue weighted by Gasteiger charge is 2.49. The van der Waals surface area contributed by atoms with Crippen LogP contribution in [0.15, 0.2) is 91.0 Å². The van der Waals surface area contributed by atoms with Crippen LogP contribution in [-0.2, 0) is 34.0 Å². The van der Waals surface area contributed by atoms with Gasteiger partial charge in [0.15, 0.2) is 0 Å². The zero-order valence-electron chi connectivity index (χ0n) is 20.4.